The smallest absolute Gasteiger partial charge is 0.219 e. The number of pyridine rings is 1. The molecule has 1 amide bonds. The Balaban J connectivity index is 2.26. The predicted octanol–water partition coefficient (Wildman–Crippen LogP) is 2.43. The van der Waals surface area contributed by atoms with Gasteiger partial charge in [0.05, 0.1) is 6.04 Å². The number of nitrogens with zero attached hydrogens (tertiary/aromatic N) is 1. The van der Waals surface area contributed by atoms with E-state index >= 15 is 0 Å². The van der Waals surface area contributed by atoms with Crippen LogP contribution in [0.5, 0.6) is 0 Å². The minimum absolute atomic E-state index is 0.153. The second-order valence-corrected chi connectivity index (χ2v) is 4.30. The number of aromatic amines is 1. The van der Waals surface area contributed by atoms with Crippen LogP contribution < -0.4 is 0 Å². The third-order valence-electron chi connectivity index (χ3n) is 2.85. The number of nitrogens with one attached hydrogen (secondary N) is 1. The molecular weight excluding hydrogens is 208 g/mol. The minimum atomic E-state index is 0.153. The van der Waals surface area contributed by atoms with Crippen LogP contribution in [0.15, 0.2) is 18.3 Å². The van der Waals surface area contributed by atoms with Gasteiger partial charge in [-0.15, -0.1) is 0 Å². The van der Waals surface area contributed by atoms with Crippen LogP contribution in [0.4, 0.5) is 0 Å². The van der Waals surface area contributed by atoms with Crippen LogP contribution in [0.2, 0.25) is 0 Å². The molecule has 0 spiro atoms. The van der Waals surface area contributed by atoms with Gasteiger partial charge in [-0.1, -0.05) is 18.3 Å². The molecule has 2 rings (SSSR count). The Morgan fingerprint density at radius 1 is 1.60 bits per heavy atom. The molecular formula is C11H14N2OS. The number of carbonyl (C=O) groups is 1. The number of H-pyrrole nitrogens is 1. The first-order chi connectivity index (χ1) is 7.18. The Bertz CT molecular complexity index is 406. The molecule has 1 aromatic heterocycles. The van der Waals surface area contributed by atoms with Crippen molar-refractivity contribution in [2.75, 3.05) is 6.54 Å². The van der Waals surface area contributed by atoms with Gasteiger partial charge in [0.2, 0.25) is 5.91 Å². The molecule has 0 saturated carbocycles. The van der Waals surface area contributed by atoms with Crippen molar-refractivity contribution in [3.63, 3.8) is 0 Å². The van der Waals surface area contributed by atoms with Crippen LogP contribution in [0, 0.1) is 4.64 Å². The Morgan fingerprint density at radius 3 is 3.00 bits per heavy atom. The number of hydrogen-bond donors (Lipinski definition) is 1. The summed E-state index contributed by atoms with van der Waals surface area (Å²) in [6.07, 6.45) is 4.04. The molecule has 1 saturated heterocycles. The maximum Gasteiger partial charge on any atom is 0.219 e. The SMILES string of the molecule is CC(=O)N1CCC[C@@H]1c1ccc(=S)[nH]c1. The molecule has 0 unspecified atom stereocenters. The van der Waals surface area contributed by atoms with E-state index in [9.17, 15) is 4.79 Å². The van der Waals surface area contributed by atoms with Gasteiger partial charge < -0.3 is 9.88 Å². The van der Waals surface area contributed by atoms with Gasteiger partial charge in [0.1, 0.15) is 4.64 Å². The number of aromatic nitrogens is 1. The van der Waals surface area contributed by atoms with Gasteiger partial charge in [-0.2, -0.15) is 0 Å². The molecule has 1 aromatic rings. The Hall–Kier alpha value is -1.16. The first-order valence-corrected chi connectivity index (χ1v) is 5.55. The van der Waals surface area contributed by atoms with E-state index in [0.717, 1.165) is 29.6 Å². The van der Waals surface area contributed by atoms with Crippen molar-refractivity contribution >= 4 is 18.1 Å². The summed E-state index contributed by atoms with van der Waals surface area (Å²) in [5.41, 5.74) is 1.15. The fraction of sp³-hybridized carbons (Fsp3) is 0.455. The highest BCUT2D eigenvalue weighted by atomic mass is 32.1. The van der Waals surface area contributed by atoms with Gasteiger partial charge in [0.25, 0.3) is 0 Å². The maximum atomic E-state index is 11.4. The molecule has 1 aliphatic heterocycles. The standard InChI is InChI=1S/C11H14N2OS/c1-8(14)13-6-2-3-10(13)9-4-5-11(15)12-7-9/h4-5,7,10H,2-3,6H2,1H3,(H,12,15)/t10-/m1/s1. The summed E-state index contributed by atoms with van der Waals surface area (Å²) < 4.78 is 0.728. The van der Waals surface area contributed by atoms with Crippen molar-refractivity contribution < 1.29 is 4.79 Å². The lowest BCUT2D eigenvalue weighted by Crippen LogP contribution is -2.28. The minimum Gasteiger partial charge on any atom is -0.353 e. The quantitative estimate of drug-likeness (QED) is 0.741. The van der Waals surface area contributed by atoms with Crippen LogP contribution in [-0.4, -0.2) is 22.3 Å². The van der Waals surface area contributed by atoms with Crippen molar-refractivity contribution in [3.05, 3.63) is 28.5 Å². The van der Waals surface area contributed by atoms with Gasteiger partial charge in [-0.25, -0.2) is 0 Å². The summed E-state index contributed by atoms with van der Waals surface area (Å²) in [5, 5.41) is 0. The van der Waals surface area contributed by atoms with E-state index in [2.05, 4.69) is 4.98 Å². The normalized spacial score (nSPS) is 20.6. The van der Waals surface area contributed by atoms with Crippen LogP contribution in [-0.2, 0) is 4.79 Å². The largest absolute Gasteiger partial charge is 0.353 e. The molecule has 15 heavy (non-hydrogen) atoms. The van der Waals surface area contributed by atoms with Crippen LogP contribution in [0.1, 0.15) is 31.4 Å². The second-order valence-electron chi connectivity index (χ2n) is 3.86. The van der Waals surface area contributed by atoms with E-state index in [1.54, 1.807) is 6.92 Å². The maximum absolute atomic E-state index is 11.4. The lowest BCUT2D eigenvalue weighted by molar-refractivity contribution is -0.129. The first-order valence-electron chi connectivity index (χ1n) is 5.14. The number of amides is 1. The van der Waals surface area contributed by atoms with Crippen molar-refractivity contribution in [2.45, 2.75) is 25.8 Å². The molecule has 2 heterocycles. The summed E-state index contributed by atoms with van der Waals surface area (Å²) in [6.45, 7) is 2.50. The number of rotatable bonds is 1. The lowest BCUT2D eigenvalue weighted by Gasteiger charge is -2.23. The van der Waals surface area contributed by atoms with Gasteiger partial charge in [0, 0.05) is 19.7 Å². The number of likely N-dealkylation sites (tertiary alicyclic amines) is 1. The first kappa shape index (κ1) is 10.4. The summed E-state index contributed by atoms with van der Waals surface area (Å²) in [4.78, 5) is 16.3. The van der Waals surface area contributed by atoms with Crippen LogP contribution in [0.3, 0.4) is 0 Å². The van der Waals surface area contributed by atoms with Gasteiger partial charge in [-0.05, 0) is 24.5 Å². The summed E-state index contributed by atoms with van der Waals surface area (Å²) in [5.74, 6) is 0.153. The molecule has 0 bridgehead atoms. The van der Waals surface area contributed by atoms with Crippen LogP contribution in [0.25, 0.3) is 0 Å². The zero-order valence-corrected chi connectivity index (χ0v) is 9.51. The van der Waals surface area contributed by atoms with Crippen molar-refractivity contribution in [3.8, 4) is 0 Å². The second kappa shape index (κ2) is 4.14. The molecule has 4 heteroatoms. The zero-order chi connectivity index (χ0) is 10.8. The van der Waals surface area contributed by atoms with Gasteiger partial charge in [0.15, 0.2) is 0 Å². The Labute approximate surface area is 94.1 Å². The molecule has 1 N–H and O–H groups in total. The van der Waals surface area contributed by atoms with E-state index < -0.39 is 0 Å². The molecule has 0 radical (unpaired) electrons. The number of carbonyl (C=O) groups excluding carboxylic acids is 1. The lowest BCUT2D eigenvalue weighted by atomic mass is 10.1. The third kappa shape index (κ3) is 2.09. The van der Waals surface area contributed by atoms with E-state index in [-0.39, 0.29) is 11.9 Å². The van der Waals surface area contributed by atoms with Crippen molar-refractivity contribution in [2.24, 2.45) is 0 Å². The fourth-order valence-corrected chi connectivity index (χ4v) is 2.25. The summed E-state index contributed by atoms with van der Waals surface area (Å²) >= 11 is 4.99. The average molecular weight is 222 g/mol. The monoisotopic (exact) mass is 222 g/mol. The van der Waals surface area contributed by atoms with E-state index in [1.165, 1.54) is 0 Å². The predicted molar refractivity (Wildman–Crippen MR) is 61.0 cm³/mol. The van der Waals surface area contributed by atoms with E-state index in [4.69, 9.17) is 12.2 Å². The number of hydrogen-bond acceptors (Lipinski definition) is 2. The Kier molecular flexibility index (Phi) is 2.86. The zero-order valence-electron chi connectivity index (χ0n) is 8.69. The highest BCUT2D eigenvalue weighted by Crippen LogP contribution is 2.31. The summed E-state index contributed by atoms with van der Waals surface area (Å²) in [7, 11) is 0. The molecule has 0 aromatic carbocycles. The van der Waals surface area contributed by atoms with Crippen molar-refractivity contribution in [1.82, 2.24) is 9.88 Å². The van der Waals surface area contributed by atoms with E-state index in [1.807, 2.05) is 23.2 Å². The third-order valence-corrected chi connectivity index (χ3v) is 3.10. The molecule has 1 fully saturated rings. The average Bonchev–Trinajstić information content (AvgIpc) is 2.67. The highest BCUT2D eigenvalue weighted by molar-refractivity contribution is 7.71. The summed E-state index contributed by atoms with van der Waals surface area (Å²) in [6, 6.07) is 4.11. The van der Waals surface area contributed by atoms with Crippen LogP contribution >= 0.6 is 12.2 Å². The molecule has 1 aliphatic rings. The topological polar surface area (TPSA) is 36.1 Å². The Morgan fingerprint density at radius 2 is 2.40 bits per heavy atom. The molecule has 80 valence electrons. The molecule has 1 atom stereocenters. The van der Waals surface area contributed by atoms with Gasteiger partial charge in [-0.3, -0.25) is 4.79 Å². The highest BCUT2D eigenvalue weighted by Gasteiger charge is 2.27. The van der Waals surface area contributed by atoms with Crippen molar-refractivity contribution in [1.29, 1.82) is 0 Å². The fourth-order valence-electron chi connectivity index (χ4n) is 2.12. The molecule has 3 nitrogen and oxygen atoms in total. The van der Waals surface area contributed by atoms with Gasteiger partial charge >= 0.3 is 0 Å². The van der Waals surface area contributed by atoms with E-state index in [0.29, 0.717) is 0 Å². The molecule has 0 aliphatic carbocycles.